The number of anilines is 2. The minimum atomic E-state index is -0.236. The van der Waals surface area contributed by atoms with Gasteiger partial charge in [0.05, 0.1) is 23.8 Å². The molecule has 0 spiro atoms. The van der Waals surface area contributed by atoms with Crippen LogP contribution in [0.25, 0.3) is 21.8 Å². The second kappa shape index (κ2) is 9.02. The third-order valence-electron chi connectivity index (χ3n) is 6.26. The fourth-order valence-electron chi connectivity index (χ4n) is 4.63. The molecule has 1 aromatic heterocycles. The van der Waals surface area contributed by atoms with E-state index in [1.54, 1.807) is 42.3 Å². The molecule has 7 heteroatoms. The van der Waals surface area contributed by atoms with Gasteiger partial charge in [-0.2, -0.15) is 0 Å². The third kappa shape index (κ3) is 3.90. The van der Waals surface area contributed by atoms with Crippen molar-refractivity contribution in [3.8, 4) is 5.75 Å². The summed E-state index contributed by atoms with van der Waals surface area (Å²) >= 11 is 0. The SMILES string of the molecule is COc1ccc(NC(=O)Cn2c3ccccc3c(=O)c3ccccc32)cc1N1CCCCC1=O. The van der Waals surface area contributed by atoms with Crippen LogP contribution in [-0.2, 0) is 16.1 Å². The van der Waals surface area contributed by atoms with Crippen molar-refractivity contribution in [1.29, 1.82) is 0 Å². The van der Waals surface area contributed by atoms with Gasteiger partial charge < -0.3 is 19.5 Å². The molecule has 2 amide bonds. The fourth-order valence-corrected chi connectivity index (χ4v) is 4.63. The van der Waals surface area contributed by atoms with Gasteiger partial charge in [0.15, 0.2) is 5.43 Å². The van der Waals surface area contributed by atoms with Crippen molar-refractivity contribution in [2.24, 2.45) is 0 Å². The standard InChI is InChI=1S/C27H25N3O4/c1-34-24-14-13-18(16-23(24)29-15-7-6-12-26(29)32)28-25(31)17-30-21-10-4-2-8-19(21)27(33)20-9-3-5-11-22(20)30/h2-5,8-11,13-14,16H,6-7,12,15,17H2,1H3,(H,28,31). The van der Waals surface area contributed by atoms with E-state index in [9.17, 15) is 14.4 Å². The number of benzene rings is 3. The zero-order chi connectivity index (χ0) is 23.7. The van der Waals surface area contributed by atoms with Crippen molar-refractivity contribution in [3.05, 3.63) is 77.0 Å². The van der Waals surface area contributed by atoms with E-state index in [1.807, 2.05) is 41.0 Å². The summed E-state index contributed by atoms with van der Waals surface area (Å²) in [6, 6.07) is 19.9. The van der Waals surface area contributed by atoms with Crippen molar-refractivity contribution in [2.75, 3.05) is 23.9 Å². The van der Waals surface area contributed by atoms with Crippen LogP contribution in [0.5, 0.6) is 5.75 Å². The van der Waals surface area contributed by atoms with E-state index in [-0.39, 0.29) is 23.8 Å². The number of hydrogen-bond donors (Lipinski definition) is 1. The molecule has 172 valence electrons. The molecule has 0 unspecified atom stereocenters. The number of rotatable bonds is 5. The highest BCUT2D eigenvalue weighted by molar-refractivity contribution is 5.99. The molecule has 7 nitrogen and oxygen atoms in total. The number of carbonyl (C=O) groups is 2. The number of piperidine rings is 1. The number of ether oxygens (including phenoxy) is 1. The molecule has 1 aliphatic rings. The molecule has 34 heavy (non-hydrogen) atoms. The number of pyridine rings is 1. The maximum absolute atomic E-state index is 13.1. The Bertz CT molecular complexity index is 1410. The smallest absolute Gasteiger partial charge is 0.244 e. The molecule has 1 fully saturated rings. The molecule has 2 heterocycles. The Hall–Kier alpha value is -4.13. The van der Waals surface area contributed by atoms with Crippen LogP contribution in [0.4, 0.5) is 11.4 Å². The molecule has 1 saturated heterocycles. The molecular weight excluding hydrogens is 430 g/mol. The van der Waals surface area contributed by atoms with Crippen molar-refractivity contribution in [1.82, 2.24) is 4.57 Å². The molecule has 0 saturated carbocycles. The first kappa shape index (κ1) is 21.7. The van der Waals surface area contributed by atoms with Gasteiger partial charge in [0.2, 0.25) is 11.8 Å². The summed E-state index contributed by atoms with van der Waals surface area (Å²) in [4.78, 5) is 40.3. The van der Waals surface area contributed by atoms with Gasteiger partial charge in [0.1, 0.15) is 12.3 Å². The van der Waals surface area contributed by atoms with E-state index in [4.69, 9.17) is 4.74 Å². The van der Waals surface area contributed by atoms with E-state index < -0.39 is 0 Å². The first-order valence-corrected chi connectivity index (χ1v) is 11.4. The quantitative estimate of drug-likeness (QED) is 0.455. The maximum atomic E-state index is 13.1. The van der Waals surface area contributed by atoms with Crippen LogP contribution in [0, 0.1) is 0 Å². The van der Waals surface area contributed by atoms with Gasteiger partial charge in [-0.1, -0.05) is 24.3 Å². The summed E-state index contributed by atoms with van der Waals surface area (Å²) < 4.78 is 7.33. The van der Waals surface area contributed by atoms with Crippen LogP contribution in [-0.4, -0.2) is 30.0 Å². The van der Waals surface area contributed by atoms with Gasteiger partial charge in [-0.05, 0) is 55.3 Å². The molecule has 4 aromatic rings. The normalized spacial score (nSPS) is 13.9. The van der Waals surface area contributed by atoms with E-state index in [1.165, 1.54) is 0 Å². The highest BCUT2D eigenvalue weighted by Crippen LogP contribution is 2.33. The monoisotopic (exact) mass is 455 g/mol. The summed E-state index contributed by atoms with van der Waals surface area (Å²) in [6.07, 6.45) is 2.32. The molecule has 1 N–H and O–H groups in total. The van der Waals surface area contributed by atoms with Crippen molar-refractivity contribution < 1.29 is 14.3 Å². The Balaban J connectivity index is 1.48. The number of nitrogens with one attached hydrogen (secondary N) is 1. The second-order valence-corrected chi connectivity index (χ2v) is 8.39. The van der Waals surface area contributed by atoms with Gasteiger partial charge >= 0.3 is 0 Å². The fraction of sp³-hybridized carbons (Fsp3) is 0.222. The molecule has 0 aliphatic carbocycles. The number of para-hydroxylation sites is 2. The Morgan fingerprint density at radius 3 is 2.26 bits per heavy atom. The van der Waals surface area contributed by atoms with E-state index in [2.05, 4.69) is 5.32 Å². The van der Waals surface area contributed by atoms with Crippen LogP contribution >= 0.6 is 0 Å². The van der Waals surface area contributed by atoms with E-state index in [0.29, 0.717) is 51.9 Å². The predicted molar refractivity (Wildman–Crippen MR) is 134 cm³/mol. The van der Waals surface area contributed by atoms with Crippen molar-refractivity contribution >= 4 is 45.0 Å². The molecule has 0 bridgehead atoms. The van der Waals surface area contributed by atoms with Crippen LogP contribution in [0.3, 0.4) is 0 Å². The Labute approximate surface area is 196 Å². The molecule has 1 aliphatic heterocycles. The van der Waals surface area contributed by atoms with Crippen molar-refractivity contribution in [2.45, 2.75) is 25.8 Å². The first-order valence-electron chi connectivity index (χ1n) is 11.4. The Morgan fingerprint density at radius 1 is 0.941 bits per heavy atom. The van der Waals surface area contributed by atoms with Crippen LogP contribution in [0.15, 0.2) is 71.5 Å². The maximum Gasteiger partial charge on any atom is 0.244 e. The zero-order valence-electron chi connectivity index (χ0n) is 18.9. The molecule has 3 aromatic carbocycles. The summed E-state index contributed by atoms with van der Waals surface area (Å²) in [5.41, 5.74) is 2.60. The zero-order valence-corrected chi connectivity index (χ0v) is 18.9. The number of hydrogen-bond acceptors (Lipinski definition) is 4. The first-order chi connectivity index (χ1) is 16.6. The number of amides is 2. The van der Waals surface area contributed by atoms with Crippen LogP contribution in [0.1, 0.15) is 19.3 Å². The molecular formula is C27H25N3O4. The lowest BCUT2D eigenvalue weighted by Gasteiger charge is -2.28. The number of aromatic nitrogens is 1. The lowest BCUT2D eigenvalue weighted by molar-refractivity contribution is -0.119. The van der Waals surface area contributed by atoms with E-state index in [0.717, 1.165) is 12.8 Å². The third-order valence-corrected chi connectivity index (χ3v) is 6.26. The van der Waals surface area contributed by atoms with Gasteiger partial charge in [0, 0.05) is 29.4 Å². The van der Waals surface area contributed by atoms with E-state index >= 15 is 0 Å². The highest BCUT2D eigenvalue weighted by Gasteiger charge is 2.23. The van der Waals surface area contributed by atoms with Gasteiger partial charge in [-0.3, -0.25) is 14.4 Å². The largest absolute Gasteiger partial charge is 0.495 e. The number of methoxy groups -OCH3 is 1. The van der Waals surface area contributed by atoms with Crippen LogP contribution < -0.4 is 20.4 Å². The Kier molecular flexibility index (Phi) is 5.76. The lowest BCUT2D eigenvalue weighted by Crippen LogP contribution is -2.35. The van der Waals surface area contributed by atoms with Gasteiger partial charge in [0.25, 0.3) is 0 Å². The molecule has 0 radical (unpaired) electrons. The Morgan fingerprint density at radius 2 is 1.62 bits per heavy atom. The molecule has 5 rings (SSSR count). The minimum Gasteiger partial charge on any atom is -0.495 e. The van der Waals surface area contributed by atoms with Crippen LogP contribution in [0.2, 0.25) is 0 Å². The minimum absolute atomic E-state index is 0.0330. The summed E-state index contributed by atoms with van der Waals surface area (Å²) in [5, 5.41) is 4.10. The predicted octanol–water partition coefficient (Wildman–Crippen LogP) is 4.32. The summed E-state index contributed by atoms with van der Waals surface area (Å²) in [6.45, 7) is 0.660. The highest BCUT2D eigenvalue weighted by atomic mass is 16.5. The lowest BCUT2D eigenvalue weighted by atomic mass is 10.1. The average Bonchev–Trinajstić information content (AvgIpc) is 2.87. The average molecular weight is 456 g/mol. The summed E-state index contributed by atoms with van der Waals surface area (Å²) in [5.74, 6) is 0.407. The molecule has 0 atom stereocenters. The number of fused-ring (bicyclic) bond motifs is 2. The topological polar surface area (TPSA) is 80.6 Å². The number of carbonyl (C=O) groups excluding carboxylic acids is 2. The number of nitrogens with zero attached hydrogens (tertiary/aromatic N) is 2. The second-order valence-electron chi connectivity index (χ2n) is 8.39. The summed E-state index contributed by atoms with van der Waals surface area (Å²) in [7, 11) is 1.57. The van der Waals surface area contributed by atoms with Crippen molar-refractivity contribution in [3.63, 3.8) is 0 Å². The van der Waals surface area contributed by atoms with Gasteiger partial charge in [-0.25, -0.2) is 0 Å². The van der Waals surface area contributed by atoms with Gasteiger partial charge in [-0.15, -0.1) is 0 Å².